The Hall–Kier alpha value is -0.230. The van der Waals surface area contributed by atoms with Crippen molar-refractivity contribution in [2.75, 3.05) is 0 Å². The van der Waals surface area contributed by atoms with Crippen LogP contribution in [0.15, 0.2) is 23.3 Å². The lowest BCUT2D eigenvalue weighted by Crippen LogP contribution is -1.69. The van der Waals surface area contributed by atoms with Gasteiger partial charge in [-0.3, -0.25) is 0 Å². The highest BCUT2D eigenvalue weighted by atomic mass is 35.5. The predicted octanol–water partition coefficient (Wildman–Crippen LogP) is 4.12. The molecule has 10 heavy (non-hydrogen) atoms. The molecule has 0 saturated heterocycles. The SMILES string of the molecule is C=C(C)/C(Cl)=C\CC.CC. The van der Waals surface area contributed by atoms with Crippen LogP contribution in [0.25, 0.3) is 0 Å². The van der Waals surface area contributed by atoms with Crippen molar-refractivity contribution in [2.24, 2.45) is 0 Å². The summed E-state index contributed by atoms with van der Waals surface area (Å²) >= 11 is 5.68. The summed E-state index contributed by atoms with van der Waals surface area (Å²) in [6.45, 7) is 11.6. The van der Waals surface area contributed by atoms with E-state index in [1.807, 2.05) is 33.8 Å². The van der Waals surface area contributed by atoms with E-state index in [4.69, 9.17) is 11.6 Å². The molecule has 0 rings (SSSR count). The van der Waals surface area contributed by atoms with E-state index in [1.165, 1.54) is 0 Å². The van der Waals surface area contributed by atoms with Gasteiger partial charge in [0.1, 0.15) is 0 Å². The summed E-state index contributed by atoms with van der Waals surface area (Å²) in [7, 11) is 0. The van der Waals surface area contributed by atoms with Crippen LogP contribution in [0.5, 0.6) is 0 Å². The molecule has 60 valence electrons. The Bertz CT molecular complexity index is 112. The second kappa shape index (κ2) is 8.77. The lowest BCUT2D eigenvalue weighted by Gasteiger charge is -1.91. The first kappa shape index (κ1) is 12.4. The van der Waals surface area contributed by atoms with Gasteiger partial charge in [-0.2, -0.15) is 0 Å². The van der Waals surface area contributed by atoms with Crippen molar-refractivity contribution in [1.82, 2.24) is 0 Å². The van der Waals surface area contributed by atoms with Gasteiger partial charge in [0.25, 0.3) is 0 Å². The van der Waals surface area contributed by atoms with Crippen molar-refractivity contribution < 1.29 is 0 Å². The van der Waals surface area contributed by atoms with Crippen LogP contribution in [0.3, 0.4) is 0 Å². The summed E-state index contributed by atoms with van der Waals surface area (Å²) in [5, 5.41) is 0.785. The van der Waals surface area contributed by atoms with Gasteiger partial charge in [0.15, 0.2) is 0 Å². The molecule has 0 aliphatic heterocycles. The Morgan fingerprint density at radius 1 is 1.50 bits per heavy atom. The zero-order valence-corrected chi connectivity index (χ0v) is 8.13. The third-order valence-corrected chi connectivity index (χ3v) is 1.27. The van der Waals surface area contributed by atoms with Crippen molar-refractivity contribution in [1.29, 1.82) is 0 Å². The number of halogens is 1. The molecule has 0 aromatic rings. The van der Waals surface area contributed by atoms with Crippen LogP contribution in [0, 0.1) is 0 Å². The Morgan fingerprint density at radius 3 is 2.00 bits per heavy atom. The number of hydrogen-bond acceptors (Lipinski definition) is 0. The molecule has 0 fully saturated rings. The highest BCUT2D eigenvalue weighted by Crippen LogP contribution is 2.11. The maximum atomic E-state index is 5.68. The minimum absolute atomic E-state index is 0.785. The molecular weight excluding hydrogens is 144 g/mol. The molecule has 0 aliphatic carbocycles. The monoisotopic (exact) mass is 160 g/mol. The van der Waals surface area contributed by atoms with Gasteiger partial charge in [0, 0.05) is 5.03 Å². The number of allylic oxidation sites excluding steroid dienone is 3. The van der Waals surface area contributed by atoms with E-state index in [9.17, 15) is 0 Å². The molecule has 0 bridgehead atoms. The fourth-order valence-electron chi connectivity index (χ4n) is 0.353. The van der Waals surface area contributed by atoms with E-state index in [-0.39, 0.29) is 0 Å². The maximum absolute atomic E-state index is 5.68. The molecule has 0 radical (unpaired) electrons. The average Bonchev–Trinajstić information content (AvgIpc) is 1.93. The van der Waals surface area contributed by atoms with Crippen LogP contribution < -0.4 is 0 Å². The molecule has 0 atom stereocenters. The molecular formula is C9H17Cl. The van der Waals surface area contributed by atoms with Gasteiger partial charge in [-0.1, -0.05) is 45.0 Å². The Kier molecular flexibility index (Phi) is 10.9. The zero-order chi connectivity index (χ0) is 8.57. The van der Waals surface area contributed by atoms with Crippen LogP contribution in [0.1, 0.15) is 34.1 Å². The molecule has 0 aromatic heterocycles. The summed E-state index contributed by atoms with van der Waals surface area (Å²) in [6, 6.07) is 0. The first-order valence-electron chi connectivity index (χ1n) is 3.70. The van der Waals surface area contributed by atoms with Crippen molar-refractivity contribution >= 4 is 11.6 Å². The van der Waals surface area contributed by atoms with E-state index in [1.54, 1.807) is 0 Å². The van der Waals surface area contributed by atoms with Crippen molar-refractivity contribution in [3.63, 3.8) is 0 Å². The molecule has 0 N–H and O–H groups in total. The first-order chi connectivity index (χ1) is 4.68. The molecule has 0 unspecified atom stereocenters. The summed E-state index contributed by atoms with van der Waals surface area (Å²) < 4.78 is 0. The molecule has 0 heterocycles. The molecule has 0 amide bonds. The molecule has 0 nitrogen and oxygen atoms in total. The normalized spacial score (nSPS) is 9.90. The Labute approximate surface area is 69.6 Å². The van der Waals surface area contributed by atoms with Crippen molar-refractivity contribution in [3.05, 3.63) is 23.3 Å². The average molecular weight is 161 g/mol. The smallest absolute Gasteiger partial charge is 0.0389 e. The van der Waals surface area contributed by atoms with Gasteiger partial charge in [-0.25, -0.2) is 0 Å². The fraction of sp³-hybridized carbons (Fsp3) is 0.556. The highest BCUT2D eigenvalue weighted by molar-refractivity contribution is 6.31. The maximum Gasteiger partial charge on any atom is 0.0389 e. The third-order valence-electron chi connectivity index (χ3n) is 0.791. The fourth-order valence-corrected chi connectivity index (χ4v) is 0.508. The quantitative estimate of drug-likeness (QED) is 0.533. The van der Waals surface area contributed by atoms with Gasteiger partial charge in [0.05, 0.1) is 0 Å². The molecule has 0 aliphatic rings. The minimum atomic E-state index is 0.785. The second-order valence-corrected chi connectivity index (χ2v) is 2.15. The summed E-state index contributed by atoms with van der Waals surface area (Å²) in [5.41, 5.74) is 0.938. The standard InChI is InChI=1S/C7H11Cl.C2H6/c1-4-5-7(8)6(2)3;1-2/h5H,2,4H2,1,3H3;1-2H3/b7-5+;. The lowest BCUT2D eigenvalue weighted by atomic mass is 10.3. The summed E-state index contributed by atoms with van der Waals surface area (Å²) in [5.74, 6) is 0. The largest absolute Gasteiger partial charge is 0.0946 e. The topological polar surface area (TPSA) is 0 Å². The molecule has 0 spiro atoms. The lowest BCUT2D eigenvalue weighted by molar-refractivity contribution is 1.21. The Balaban J connectivity index is 0. The zero-order valence-electron chi connectivity index (χ0n) is 7.37. The number of hydrogen-bond donors (Lipinski definition) is 0. The summed E-state index contributed by atoms with van der Waals surface area (Å²) in [4.78, 5) is 0. The molecule has 0 saturated carbocycles. The van der Waals surface area contributed by atoms with Gasteiger partial charge in [0.2, 0.25) is 0 Å². The van der Waals surface area contributed by atoms with Gasteiger partial charge in [-0.15, -0.1) is 0 Å². The Morgan fingerprint density at radius 2 is 1.90 bits per heavy atom. The van der Waals surface area contributed by atoms with E-state index < -0.39 is 0 Å². The first-order valence-corrected chi connectivity index (χ1v) is 4.07. The van der Waals surface area contributed by atoms with Crippen LogP contribution in [-0.2, 0) is 0 Å². The van der Waals surface area contributed by atoms with Crippen molar-refractivity contribution in [2.45, 2.75) is 34.1 Å². The van der Waals surface area contributed by atoms with Crippen molar-refractivity contribution in [3.8, 4) is 0 Å². The third kappa shape index (κ3) is 7.77. The second-order valence-electron chi connectivity index (χ2n) is 1.74. The molecule has 0 aromatic carbocycles. The van der Waals surface area contributed by atoms with Gasteiger partial charge < -0.3 is 0 Å². The highest BCUT2D eigenvalue weighted by Gasteiger charge is 1.87. The van der Waals surface area contributed by atoms with Crippen LogP contribution >= 0.6 is 11.6 Å². The van der Waals surface area contributed by atoms with Crippen LogP contribution in [0.2, 0.25) is 0 Å². The number of rotatable bonds is 2. The minimum Gasteiger partial charge on any atom is -0.0946 e. The van der Waals surface area contributed by atoms with E-state index in [0.717, 1.165) is 17.0 Å². The van der Waals surface area contributed by atoms with Gasteiger partial charge in [-0.05, 0) is 18.9 Å². The van der Waals surface area contributed by atoms with E-state index in [0.29, 0.717) is 0 Å². The molecule has 1 heteroatoms. The van der Waals surface area contributed by atoms with Gasteiger partial charge >= 0.3 is 0 Å². The van der Waals surface area contributed by atoms with E-state index >= 15 is 0 Å². The summed E-state index contributed by atoms with van der Waals surface area (Å²) in [6.07, 6.45) is 2.93. The van der Waals surface area contributed by atoms with E-state index in [2.05, 4.69) is 6.58 Å². The predicted molar refractivity (Wildman–Crippen MR) is 50.4 cm³/mol. The van der Waals surface area contributed by atoms with Crippen LogP contribution in [-0.4, -0.2) is 0 Å². The van der Waals surface area contributed by atoms with Crippen LogP contribution in [0.4, 0.5) is 0 Å².